The first kappa shape index (κ1) is 19.1. The Morgan fingerprint density at radius 1 is 0.839 bits per heavy atom. The van der Waals surface area contributed by atoms with E-state index in [9.17, 15) is 0 Å². The molecule has 7 nitrogen and oxygen atoms in total. The third kappa shape index (κ3) is 3.01. The number of methoxy groups -OCH3 is 1. The Balaban J connectivity index is 1.68. The predicted octanol–water partition coefficient (Wildman–Crippen LogP) is 4.52. The molecule has 31 heavy (non-hydrogen) atoms. The number of fused-ring (bicyclic) bond motifs is 1. The van der Waals surface area contributed by atoms with E-state index in [-0.39, 0.29) is 0 Å². The van der Waals surface area contributed by atoms with Crippen molar-refractivity contribution in [3.05, 3.63) is 72.1 Å². The molecule has 5 aromatic rings. The third-order valence-corrected chi connectivity index (χ3v) is 5.79. The number of aromatic nitrogens is 6. The van der Waals surface area contributed by atoms with Crippen molar-refractivity contribution < 1.29 is 4.74 Å². The van der Waals surface area contributed by atoms with Gasteiger partial charge in [0.1, 0.15) is 11.3 Å². The largest absolute Gasteiger partial charge is 0.494 e. The van der Waals surface area contributed by atoms with Crippen molar-refractivity contribution in [3.63, 3.8) is 0 Å². The molecule has 0 aliphatic heterocycles. The number of ether oxygens (including phenoxy) is 1. The Hall–Kier alpha value is -3.87. The zero-order chi connectivity index (χ0) is 21.7. The molecule has 0 bridgehead atoms. The van der Waals surface area contributed by atoms with E-state index in [2.05, 4.69) is 49.2 Å². The maximum atomic E-state index is 5.77. The number of hydrogen-bond donors (Lipinski definition) is 0. The number of para-hydroxylation sites is 1. The maximum absolute atomic E-state index is 5.77. The van der Waals surface area contributed by atoms with E-state index in [1.54, 1.807) is 11.8 Å². The lowest BCUT2D eigenvalue weighted by atomic mass is 10.1. The summed E-state index contributed by atoms with van der Waals surface area (Å²) in [6.07, 6.45) is 9.60. The summed E-state index contributed by atoms with van der Waals surface area (Å²) in [5, 5.41) is 13.6. The van der Waals surface area contributed by atoms with E-state index in [0.29, 0.717) is 0 Å². The zero-order valence-electron chi connectivity index (χ0n) is 18.3. The molecule has 0 radical (unpaired) electrons. The minimum absolute atomic E-state index is 0.757. The number of hydrogen-bond acceptors (Lipinski definition) is 4. The van der Waals surface area contributed by atoms with Gasteiger partial charge in [0.25, 0.3) is 0 Å². The van der Waals surface area contributed by atoms with Crippen LogP contribution >= 0.6 is 0 Å². The summed E-state index contributed by atoms with van der Waals surface area (Å²) < 4.78 is 11.4. The molecule has 1 aromatic carbocycles. The fraction of sp³-hybridized carbons (Fsp3) is 0.208. The highest BCUT2D eigenvalue weighted by atomic mass is 16.5. The van der Waals surface area contributed by atoms with Crippen molar-refractivity contribution in [3.8, 4) is 33.7 Å². The minimum atomic E-state index is 0.757. The van der Waals surface area contributed by atoms with Crippen LogP contribution in [0.4, 0.5) is 0 Å². The van der Waals surface area contributed by atoms with Crippen LogP contribution < -0.4 is 4.74 Å². The standard InChI is InChI=1S/C24H24N6O/c1-15-7-6-8-16(2)23(15)30-17(3)20(11-27-30)21-12-26-29-14-18(9-22(31-5)24(21)29)19-10-25-28(4)13-19/h6-14H,1-5H3. The number of aryl methyl sites for hydroxylation is 3. The lowest BCUT2D eigenvalue weighted by Gasteiger charge is -2.12. The summed E-state index contributed by atoms with van der Waals surface area (Å²) in [6, 6.07) is 8.33. The molecular formula is C24H24N6O. The lowest BCUT2D eigenvalue weighted by molar-refractivity contribution is 0.418. The summed E-state index contributed by atoms with van der Waals surface area (Å²) in [5.41, 5.74) is 9.51. The van der Waals surface area contributed by atoms with Gasteiger partial charge in [-0.3, -0.25) is 4.68 Å². The average Bonchev–Trinajstić information content (AvgIpc) is 3.46. The Bertz CT molecular complexity index is 1400. The lowest BCUT2D eigenvalue weighted by Crippen LogP contribution is -2.03. The van der Waals surface area contributed by atoms with Gasteiger partial charge in [0, 0.05) is 47.4 Å². The molecule has 0 saturated heterocycles. The molecule has 0 N–H and O–H groups in total. The first-order valence-electron chi connectivity index (χ1n) is 10.1. The predicted molar refractivity (Wildman–Crippen MR) is 121 cm³/mol. The van der Waals surface area contributed by atoms with Crippen molar-refractivity contribution in [2.24, 2.45) is 7.05 Å². The summed E-state index contributed by atoms with van der Waals surface area (Å²) in [7, 11) is 3.59. The van der Waals surface area contributed by atoms with Crippen LogP contribution in [0, 0.1) is 20.8 Å². The van der Waals surface area contributed by atoms with Crippen LogP contribution in [-0.2, 0) is 7.05 Å². The van der Waals surface area contributed by atoms with Crippen molar-refractivity contribution in [1.82, 2.24) is 29.2 Å². The number of benzene rings is 1. The van der Waals surface area contributed by atoms with Gasteiger partial charge in [-0.05, 0) is 38.0 Å². The van der Waals surface area contributed by atoms with Crippen molar-refractivity contribution in [2.75, 3.05) is 7.11 Å². The number of pyridine rings is 1. The van der Waals surface area contributed by atoms with Crippen LogP contribution in [0.3, 0.4) is 0 Å². The molecule has 0 saturated carbocycles. The zero-order valence-corrected chi connectivity index (χ0v) is 18.3. The number of nitrogens with zero attached hydrogens (tertiary/aromatic N) is 6. The van der Waals surface area contributed by atoms with E-state index in [0.717, 1.165) is 44.9 Å². The molecule has 0 aliphatic carbocycles. The van der Waals surface area contributed by atoms with Crippen molar-refractivity contribution in [1.29, 1.82) is 0 Å². The molecule has 4 heterocycles. The molecule has 0 atom stereocenters. The van der Waals surface area contributed by atoms with Crippen LogP contribution in [0.5, 0.6) is 5.75 Å². The second-order valence-corrected chi connectivity index (χ2v) is 7.85. The molecule has 156 valence electrons. The summed E-state index contributed by atoms with van der Waals surface area (Å²) in [4.78, 5) is 0. The van der Waals surface area contributed by atoms with E-state index >= 15 is 0 Å². The molecule has 0 aliphatic rings. The Morgan fingerprint density at radius 3 is 2.26 bits per heavy atom. The summed E-state index contributed by atoms with van der Waals surface area (Å²) in [5.74, 6) is 0.757. The maximum Gasteiger partial charge on any atom is 0.145 e. The van der Waals surface area contributed by atoms with Gasteiger partial charge >= 0.3 is 0 Å². The van der Waals surface area contributed by atoms with E-state index in [1.807, 2.05) is 53.3 Å². The second-order valence-electron chi connectivity index (χ2n) is 7.85. The SMILES string of the molecule is COc1cc(-c2cnn(C)c2)cn2ncc(-c3cnn(-c4c(C)cccc4C)c3C)c12. The Morgan fingerprint density at radius 2 is 1.58 bits per heavy atom. The summed E-state index contributed by atoms with van der Waals surface area (Å²) in [6.45, 7) is 6.32. The minimum Gasteiger partial charge on any atom is -0.494 e. The van der Waals surface area contributed by atoms with Gasteiger partial charge in [-0.1, -0.05) is 18.2 Å². The highest BCUT2D eigenvalue weighted by molar-refractivity contribution is 5.87. The first-order valence-corrected chi connectivity index (χ1v) is 10.1. The summed E-state index contributed by atoms with van der Waals surface area (Å²) >= 11 is 0. The molecule has 5 rings (SSSR count). The second kappa shape index (κ2) is 7.12. The van der Waals surface area contributed by atoms with Gasteiger partial charge in [0.2, 0.25) is 0 Å². The van der Waals surface area contributed by atoms with Crippen LogP contribution in [0.2, 0.25) is 0 Å². The van der Waals surface area contributed by atoms with Gasteiger partial charge in [0.15, 0.2) is 0 Å². The fourth-order valence-electron chi connectivity index (χ4n) is 4.20. The molecule has 4 aromatic heterocycles. The number of rotatable bonds is 4. The molecule has 0 fully saturated rings. The van der Waals surface area contributed by atoms with Gasteiger partial charge in [-0.15, -0.1) is 0 Å². The average molecular weight is 412 g/mol. The van der Waals surface area contributed by atoms with E-state index < -0.39 is 0 Å². The van der Waals surface area contributed by atoms with E-state index in [1.165, 1.54) is 11.1 Å². The van der Waals surface area contributed by atoms with Crippen molar-refractivity contribution >= 4 is 5.52 Å². The molecular weight excluding hydrogens is 388 g/mol. The molecule has 0 spiro atoms. The van der Waals surface area contributed by atoms with Crippen LogP contribution in [0.15, 0.2) is 55.2 Å². The van der Waals surface area contributed by atoms with E-state index in [4.69, 9.17) is 9.84 Å². The van der Waals surface area contributed by atoms with Crippen LogP contribution in [0.25, 0.3) is 33.5 Å². The normalized spacial score (nSPS) is 11.4. The van der Waals surface area contributed by atoms with Crippen molar-refractivity contribution in [2.45, 2.75) is 20.8 Å². The first-order chi connectivity index (χ1) is 15.0. The highest BCUT2D eigenvalue weighted by Crippen LogP contribution is 2.36. The molecule has 7 heteroatoms. The highest BCUT2D eigenvalue weighted by Gasteiger charge is 2.19. The quantitative estimate of drug-likeness (QED) is 0.435. The van der Waals surface area contributed by atoms with Gasteiger partial charge in [-0.25, -0.2) is 9.20 Å². The monoisotopic (exact) mass is 412 g/mol. The fourth-order valence-corrected chi connectivity index (χ4v) is 4.20. The van der Waals surface area contributed by atoms with Crippen LogP contribution in [-0.4, -0.2) is 36.3 Å². The molecule has 0 amide bonds. The topological polar surface area (TPSA) is 62.2 Å². The Labute approximate surface area is 180 Å². The van der Waals surface area contributed by atoms with Gasteiger partial charge in [0.05, 0.1) is 31.4 Å². The smallest absolute Gasteiger partial charge is 0.145 e. The van der Waals surface area contributed by atoms with Gasteiger partial charge < -0.3 is 4.74 Å². The Kier molecular flexibility index (Phi) is 4.39. The third-order valence-electron chi connectivity index (χ3n) is 5.79. The molecule has 0 unspecified atom stereocenters. The van der Waals surface area contributed by atoms with Gasteiger partial charge in [-0.2, -0.15) is 15.3 Å². The van der Waals surface area contributed by atoms with Crippen LogP contribution in [0.1, 0.15) is 16.8 Å².